The maximum atomic E-state index is 6.18. The molecule has 180 valence electrons. The maximum absolute atomic E-state index is 6.18. The van der Waals surface area contributed by atoms with Crippen molar-refractivity contribution in [2.24, 2.45) is 15.9 Å². The van der Waals surface area contributed by atoms with E-state index in [0.717, 1.165) is 42.1 Å². The number of aliphatic imine (C=N–C) groups is 2. The average molecular weight is 477 g/mol. The lowest BCUT2D eigenvalue weighted by molar-refractivity contribution is -0.747. The molecule has 6 heteroatoms. The maximum Gasteiger partial charge on any atom is 0.225 e. The number of nitrogens with zero attached hydrogens (tertiary/aromatic N) is 4. The second-order valence-corrected chi connectivity index (χ2v) is 9.49. The van der Waals surface area contributed by atoms with E-state index in [1.807, 2.05) is 55.3 Å². The molecule has 0 saturated heterocycles. The van der Waals surface area contributed by atoms with Crippen molar-refractivity contribution < 1.29 is 9.33 Å². The lowest BCUT2D eigenvalue weighted by Gasteiger charge is -2.49. The highest BCUT2D eigenvalue weighted by Gasteiger charge is 2.48. The zero-order chi connectivity index (χ0) is 24.2. The summed E-state index contributed by atoms with van der Waals surface area (Å²) in [6.07, 6.45) is 12.0. The minimum atomic E-state index is 0.362. The van der Waals surface area contributed by atoms with Gasteiger partial charge in [0.1, 0.15) is 12.4 Å². The monoisotopic (exact) mass is 476 g/mol. The summed E-state index contributed by atoms with van der Waals surface area (Å²) in [7, 11) is 0. The molecule has 1 N–H and O–H groups in total. The number of anilines is 2. The Morgan fingerprint density at radius 3 is 2.56 bits per heavy atom. The molecule has 0 bridgehead atoms. The number of hydrogen-bond acceptors (Lipinski definition) is 5. The first-order valence-corrected chi connectivity index (χ1v) is 12.5. The van der Waals surface area contributed by atoms with Gasteiger partial charge in [0.25, 0.3) is 0 Å². The van der Waals surface area contributed by atoms with E-state index in [1.54, 1.807) is 0 Å². The fraction of sp³-hybridized carbons (Fsp3) is 0.200. The predicted molar refractivity (Wildman–Crippen MR) is 146 cm³/mol. The van der Waals surface area contributed by atoms with Crippen LogP contribution in [0.4, 0.5) is 11.4 Å². The number of hydrogen-bond donors (Lipinski definition) is 1. The van der Waals surface area contributed by atoms with Gasteiger partial charge in [0.05, 0.1) is 30.3 Å². The van der Waals surface area contributed by atoms with E-state index in [4.69, 9.17) is 4.74 Å². The SMILES string of the molecule is C1=C[N+]2(N(c3cccc(OCc4ccccc4)c3)C3CC(CNc4ccccc4)C3)C=NC=C2C=N1. The van der Waals surface area contributed by atoms with Gasteiger partial charge in [0.15, 0.2) is 6.20 Å². The van der Waals surface area contributed by atoms with Crippen LogP contribution in [-0.2, 0) is 6.61 Å². The Morgan fingerprint density at radius 2 is 1.72 bits per heavy atom. The molecule has 3 aromatic carbocycles. The largest absolute Gasteiger partial charge is 0.489 e. The van der Waals surface area contributed by atoms with E-state index < -0.39 is 0 Å². The third kappa shape index (κ3) is 4.43. The van der Waals surface area contributed by atoms with Crippen LogP contribution in [-0.4, -0.2) is 29.7 Å². The molecule has 1 fully saturated rings. The van der Waals surface area contributed by atoms with Crippen LogP contribution >= 0.6 is 0 Å². The Hall–Kier alpha value is -4.16. The standard InChI is InChI=1S/C30H30N5O/c1-3-8-24(9-4-1)22-36-30-13-7-12-27(18-30)34(35-15-14-31-20-29(35)21-32-23-35)28-16-25(17-28)19-33-26-10-5-2-6-11-26/h1-15,18,20-21,23,25,28,33H,16-17,19,22H2/q+1. The van der Waals surface area contributed by atoms with Crippen LogP contribution < -0.4 is 15.1 Å². The van der Waals surface area contributed by atoms with Gasteiger partial charge in [-0.15, -0.1) is 4.59 Å². The molecule has 6 nitrogen and oxygen atoms in total. The quantitative estimate of drug-likeness (QED) is 0.378. The Morgan fingerprint density at radius 1 is 0.917 bits per heavy atom. The first kappa shape index (κ1) is 22.3. The highest BCUT2D eigenvalue weighted by molar-refractivity contribution is 5.82. The van der Waals surface area contributed by atoms with Gasteiger partial charge in [-0.05, 0) is 48.6 Å². The second kappa shape index (κ2) is 9.84. The van der Waals surface area contributed by atoms with Crippen LogP contribution in [0.5, 0.6) is 5.75 Å². The molecule has 1 unspecified atom stereocenters. The number of allylic oxidation sites excluding steroid dienone is 1. The van der Waals surface area contributed by atoms with Crippen molar-refractivity contribution >= 4 is 23.9 Å². The molecule has 3 aromatic rings. The van der Waals surface area contributed by atoms with Crippen LogP contribution in [0, 0.1) is 5.92 Å². The fourth-order valence-corrected chi connectivity index (χ4v) is 5.15. The van der Waals surface area contributed by atoms with E-state index in [-0.39, 0.29) is 0 Å². The topological polar surface area (TPSA) is 49.2 Å². The zero-order valence-electron chi connectivity index (χ0n) is 20.1. The van der Waals surface area contributed by atoms with Gasteiger partial charge in [-0.2, -0.15) is 0 Å². The highest BCUT2D eigenvalue weighted by Crippen LogP contribution is 2.42. The lowest BCUT2D eigenvalue weighted by atomic mass is 9.79. The van der Waals surface area contributed by atoms with Gasteiger partial charge in [0.2, 0.25) is 12.0 Å². The van der Waals surface area contributed by atoms with E-state index in [9.17, 15) is 0 Å². The van der Waals surface area contributed by atoms with Crippen LogP contribution in [0.25, 0.3) is 0 Å². The van der Waals surface area contributed by atoms with Gasteiger partial charge >= 0.3 is 0 Å². The van der Waals surface area contributed by atoms with Gasteiger partial charge in [-0.1, -0.05) is 54.6 Å². The second-order valence-electron chi connectivity index (χ2n) is 9.49. The van der Waals surface area contributed by atoms with Crippen LogP contribution in [0.3, 0.4) is 0 Å². The summed E-state index contributed by atoms with van der Waals surface area (Å²) in [5.74, 6) is 1.47. The summed E-state index contributed by atoms with van der Waals surface area (Å²) in [5.41, 5.74) is 4.48. The summed E-state index contributed by atoms with van der Waals surface area (Å²) in [4.78, 5) is 8.91. The molecule has 6 rings (SSSR count). The number of fused-ring (bicyclic) bond motifs is 1. The van der Waals surface area contributed by atoms with Crippen LogP contribution in [0.2, 0.25) is 0 Å². The number of benzene rings is 3. The normalized spacial score (nSPS) is 23.5. The van der Waals surface area contributed by atoms with Gasteiger partial charge in [-0.3, -0.25) is 4.99 Å². The smallest absolute Gasteiger partial charge is 0.225 e. The molecule has 1 saturated carbocycles. The summed E-state index contributed by atoms with van der Waals surface area (Å²) in [6, 6.07) is 29.5. The zero-order valence-corrected chi connectivity index (χ0v) is 20.1. The molecule has 3 aliphatic rings. The van der Waals surface area contributed by atoms with Crippen molar-refractivity contribution in [1.82, 2.24) is 0 Å². The molecule has 0 spiro atoms. The number of para-hydroxylation sites is 1. The van der Waals surface area contributed by atoms with E-state index in [2.05, 4.69) is 81.1 Å². The average Bonchev–Trinajstić information content (AvgIpc) is 3.35. The number of rotatable bonds is 9. The number of nitrogens with one attached hydrogen (secondary N) is 1. The van der Waals surface area contributed by atoms with Crippen molar-refractivity contribution in [1.29, 1.82) is 0 Å². The molecule has 0 radical (unpaired) electrons. The van der Waals surface area contributed by atoms with Gasteiger partial charge < -0.3 is 10.1 Å². The summed E-state index contributed by atoms with van der Waals surface area (Å²) in [5, 5.41) is 6.05. The first-order valence-electron chi connectivity index (χ1n) is 12.5. The van der Waals surface area contributed by atoms with E-state index in [1.165, 1.54) is 5.69 Å². The molecule has 1 atom stereocenters. The van der Waals surface area contributed by atoms with Crippen molar-refractivity contribution in [3.8, 4) is 5.75 Å². The van der Waals surface area contributed by atoms with Crippen LogP contribution in [0.15, 0.2) is 119 Å². The van der Waals surface area contributed by atoms with E-state index >= 15 is 0 Å². The summed E-state index contributed by atoms with van der Waals surface area (Å²) >= 11 is 0. The molecule has 0 aromatic heterocycles. The Bertz CT molecular complexity index is 1310. The van der Waals surface area contributed by atoms with Gasteiger partial charge in [0, 0.05) is 18.3 Å². The highest BCUT2D eigenvalue weighted by atomic mass is 16.5. The first-order chi connectivity index (χ1) is 17.8. The Labute approximate surface area is 212 Å². The van der Waals surface area contributed by atoms with Crippen molar-refractivity contribution in [2.75, 3.05) is 16.9 Å². The van der Waals surface area contributed by atoms with Gasteiger partial charge in [-0.25, -0.2) is 10.0 Å². The molecule has 2 heterocycles. The third-order valence-corrected chi connectivity index (χ3v) is 7.06. The minimum Gasteiger partial charge on any atom is -0.489 e. The van der Waals surface area contributed by atoms with Crippen molar-refractivity contribution in [3.63, 3.8) is 0 Å². The van der Waals surface area contributed by atoms with Crippen molar-refractivity contribution in [2.45, 2.75) is 25.5 Å². The molecule has 0 amide bonds. The number of quaternary nitrogens is 1. The fourth-order valence-electron chi connectivity index (χ4n) is 5.15. The lowest BCUT2D eigenvalue weighted by Crippen LogP contribution is -2.62. The Balaban J connectivity index is 1.22. The Kier molecular flexibility index (Phi) is 6.10. The molecular formula is C30H30N5O+. The predicted octanol–water partition coefficient (Wildman–Crippen LogP) is 6.13. The van der Waals surface area contributed by atoms with Crippen LogP contribution in [0.1, 0.15) is 18.4 Å². The van der Waals surface area contributed by atoms with Crippen molar-refractivity contribution in [3.05, 3.63) is 115 Å². The molecule has 2 aliphatic heterocycles. The van der Waals surface area contributed by atoms with E-state index in [0.29, 0.717) is 23.2 Å². The molecular weight excluding hydrogens is 446 g/mol. The summed E-state index contributed by atoms with van der Waals surface area (Å²) < 4.78 is 6.61. The third-order valence-electron chi connectivity index (χ3n) is 7.06. The minimum absolute atomic E-state index is 0.362. The number of ether oxygens (including phenoxy) is 1. The molecule has 36 heavy (non-hydrogen) atoms. The molecule has 1 aliphatic carbocycles. The summed E-state index contributed by atoms with van der Waals surface area (Å²) in [6.45, 7) is 1.52.